The maximum absolute atomic E-state index is 11.5. The van der Waals surface area contributed by atoms with Crippen LogP contribution in [0.2, 0.25) is 0 Å². The average molecular weight is 238 g/mol. The first-order chi connectivity index (χ1) is 8.02. The minimum absolute atomic E-state index is 0.0173. The lowest BCUT2D eigenvalue weighted by Crippen LogP contribution is -2.32. The molecule has 0 aliphatic carbocycles. The van der Waals surface area contributed by atoms with Gasteiger partial charge in [-0.3, -0.25) is 4.79 Å². The quantitative estimate of drug-likeness (QED) is 0.677. The van der Waals surface area contributed by atoms with Crippen LogP contribution in [0.15, 0.2) is 18.2 Å². The van der Waals surface area contributed by atoms with Crippen LogP contribution >= 0.6 is 0 Å². The lowest BCUT2D eigenvalue weighted by Gasteiger charge is -2.11. The van der Waals surface area contributed by atoms with E-state index in [0.29, 0.717) is 11.4 Å². The number of nitrogens with one attached hydrogen (secondary N) is 2. The summed E-state index contributed by atoms with van der Waals surface area (Å²) < 4.78 is 5.01. The number of methoxy groups -OCH3 is 1. The number of amides is 1. The summed E-state index contributed by atoms with van der Waals surface area (Å²) in [5.74, 6) is 0.390. The molecule has 1 amide bonds. The van der Waals surface area contributed by atoms with E-state index in [9.17, 15) is 9.90 Å². The number of carbonyl (C=O) groups is 1. The maximum atomic E-state index is 11.5. The van der Waals surface area contributed by atoms with E-state index in [1.54, 1.807) is 12.1 Å². The molecular weight excluding hydrogens is 220 g/mol. The van der Waals surface area contributed by atoms with Crippen molar-refractivity contribution in [2.24, 2.45) is 0 Å². The molecule has 1 rings (SSSR count). The second-order valence-electron chi connectivity index (χ2n) is 3.97. The van der Waals surface area contributed by atoms with Crippen LogP contribution in [0.5, 0.6) is 11.5 Å². The molecule has 0 saturated carbocycles. The fourth-order valence-electron chi connectivity index (χ4n) is 1.23. The van der Waals surface area contributed by atoms with Gasteiger partial charge in [-0.1, -0.05) is 13.8 Å². The highest BCUT2D eigenvalue weighted by molar-refractivity contribution is 5.93. The van der Waals surface area contributed by atoms with Gasteiger partial charge in [0.25, 0.3) is 0 Å². The molecule has 0 radical (unpaired) electrons. The Labute approximate surface area is 101 Å². The molecule has 3 N–H and O–H groups in total. The van der Waals surface area contributed by atoms with Crippen LogP contribution in [0, 0.1) is 0 Å². The summed E-state index contributed by atoms with van der Waals surface area (Å²) in [5, 5.41) is 15.2. The number of carbonyl (C=O) groups excluding carboxylic acids is 1. The molecule has 0 saturated heterocycles. The van der Waals surface area contributed by atoms with Gasteiger partial charge in [0.2, 0.25) is 5.91 Å². The highest BCUT2D eigenvalue weighted by Gasteiger charge is 2.07. The zero-order valence-corrected chi connectivity index (χ0v) is 10.3. The lowest BCUT2D eigenvalue weighted by atomic mass is 10.2. The molecule has 1 aromatic rings. The number of aromatic hydroxyl groups is 1. The van der Waals surface area contributed by atoms with E-state index in [4.69, 9.17) is 4.74 Å². The van der Waals surface area contributed by atoms with Crippen molar-refractivity contribution in [1.82, 2.24) is 5.32 Å². The summed E-state index contributed by atoms with van der Waals surface area (Å²) in [6, 6.07) is 4.91. The second-order valence-corrected chi connectivity index (χ2v) is 3.97. The Kier molecular flexibility index (Phi) is 4.78. The first-order valence-corrected chi connectivity index (χ1v) is 5.43. The molecule has 5 nitrogen and oxygen atoms in total. The Morgan fingerprint density at radius 1 is 1.47 bits per heavy atom. The van der Waals surface area contributed by atoms with Gasteiger partial charge in [0, 0.05) is 12.1 Å². The lowest BCUT2D eigenvalue weighted by molar-refractivity contribution is -0.115. The number of phenolic OH excluding ortho intramolecular Hbond substituents is 1. The van der Waals surface area contributed by atoms with Crippen LogP contribution in [0.25, 0.3) is 0 Å². The van der Waals surface area contributed by atoms with Gasteiger partial charge in [-0.2, -0.15) is 0 Å². The number of phenols is 1. The van der Waals surface area contributed by atoms with Crippen LogP contribution in [-0.4, -0.2) is 30.7 Å². The van der Waals surface area contributed by atoms with Gasteiger partial charge in [-0.05, 0) is 12.1 Å². The van der Waals surface area contributed by atoms with Crippen molar-refractivity contribution >= 4 is 11.6 Å². The highest BCUT2D eigenvalue weighted by Crippen LogP contribution is 2.27. The average Bonchev–Trinajstić information content (AvgIpc) is 2.29. The third kappa shape index (κ3) is 4.32. The molecule has 0 aliphatic rings. The molecule has 0 bridgehead atoms. The number of rotatable bonds is 5. The molecule has 0 atom stereocenters. The van der Waals surface area contributed by atoms with Crippen LogP contribution in [0.1, 0.15) is 13.8 Å². The number of ether oxygens (including phenoxy) is 1. The van der Waals surface area contributed by atoms with Gasteiger partial charge >= 0.3 is 0 Å². The van der Waals surface area contributed by atoms with E-state index in [0.717, 1.165) is 0 Å². The molecule has 1 aromatic carbocycles. The van der Waals surface area contributed by atoms with E-state index >= 15 is 0 Å². The molecule has 0 aromatic heterocycles. The molecule has 17 heavy (non-hydrogen) atoms. The van der Waals surface area contributed by atoms with Gasteiger partial charge < -0.3 is 20.5 Å². The van der Waals surface area contributed by atoms with E-state index in [2.05, 4.69) is 10.6 Å². The van der Waals surface area contributed by atoms with Crippen molar-refractivity contribution < 1.29 is 14.6 Å². The topological polar surface area (TPSA) is 70.6 Å². The van der Waals surface area contributed by atoms with Crippen molar-refractivity contribution in [3.8, 4) is 11.5 Å². The fraction of sp³-hybridized carbons (Fsp3) is 0.417. The molecule has 94 valence electrons. The Balaban J connectivity index is 2.64. The van der Waals surface area contributed by atoms with Crippen LogP contribution in [0.3, 0.4) is 0 Å². The van der Waals surface area contributed by atoms with Crippen LogP contribution < -0.4 is 15.4 Å². The zero-order chi connectivity index (χ0) is 12.8. The maximum Gasteiger partial charge on any atom is 0.238 e. The summed E-state index contributed by atoms with van der Waals surface area (Å²) in [4.78, 5) is 11.5. The number of hydrogen-bond acceptors (Lipinski definition) is 4. The van der Waals surface area contributed by atoms with Gasteiger partial charge in [0.15, 0.2) is 0 Å². The summed E-state index contributed by atoms with van der Waals surface area (Å²) in [7, 11) is 1.53. The molecule has 0 aliphatic heterocycles. The molecule has 0 fully saturated rings. The van der Waals surface area contributed by atoms with E-state index in [-0.39, 0.29) is 24.2 Å². The molecule has 0 heterocycles. The minimum atomic E-state index is -0.206. The van der Waals surface area contributed by atoms with Gasteiger partial charge in [-0.25, -0.2) is 0 Å². The monoisotopic (exact) mass is 238 g/mol. The molecule has 0 unspecified atom stereocenters. The van der Waals surface area contributed by atoms with Crippen molar-refractivity contribution in [2.45, 2.75) is 19.9 Å². The van der Waals surface area contributed by atoms with Gasteiger partial charge in [0.1, 0.15) is 11.5 Å². The standard InChI is InChI=1S/C12H18N2O3/c1-8(2)13-7-12(16)14-10-6-9(17-3)4-5-11(10)15/h4-6,8,13,15H,7H2,1-3H3,(H,14,16). The number of hydrogen-bond donors (Lipinski definition) is 3. The Hall–Kier alpha value is -1.75. The predicted octanol–water partition coefficient (Wildman–Crippen LogP) is 1.34. The third-order valence-corrected chi connectivity index (χ3v) is 2.15. The largest absolute Gasteiger partial charge is 0.506 e. The summed E-state index contributed by atoms with van der Waals surface area (Å²) in [5.41, 5.74) is 0.347. The summed E-state index contributed by atoms with van der Waals surface area (Å²) >= 11 is 0. The van der Waals surface area contributed by atoms with Crippen molar-refractivity contribution in [3.63, 3.8) is 0 Å². The second kappa shape index (κ2) is 6.10. The SMILES string of the molecule is COc1ccc(O)c(NC(=O)CNC(C)C)c1. The Morgan fingerprint density at radius 3 is 2.76 bits per heavy atom. The van der Waals surface area contributed by atoms with Gasteiger partial charge in [-0.15, -0.1) is 0 Å². The first-order valence-electron chi connectivity index (χ1n) is 5.43. The number of anilines is 1. The number of benzene rings is 1. The van der Waals surface area contributed by atoms with E-state index < -0.39 is 0 Å². The highest BCUT2D eigenvalue weighted by atomic mass is 16.5. The first kappa shape index (κ1) is 13.3. The third-order valence-electron chi connectivity index (χ3n) is 2.15. The Morgan fingerprint density at radius 2 is 2.18 bits per heavy atom. The molecule has 0 spiro atoms. The summed E-state index contributed by atoms with van der Waals surface area (Å²) in [6.07, 6.45) is 0. The van der Waals surface area contributed by atoms with E-state index in [1.165, 1.54) is 13.2 Å². The predicted molar refractivity (Wildman–Crippen MR) is 66.4 cm³/mol. The van der Waals surface area contributed by atoms with Crippen molar-refractivity contribution in [3.05, 3.63) is 18.2 Å². The van der Waals surface area contributed by atoms with Crippen molar-refractivity contribution in [1.29, 1.82) is 0 Å². The van der Waals surface area contributed by atoms with Crippen LogP contribution in [-0.2, 0) is 4.79 Å². The van der Waals surface area contributed by atoms with E-state index in [1.807, 2.05) is 13.8 Å². The molecular formula is C12H18N2O3. The smallest absolute Gasteiger partial charge is 0.238 e. The van der Waals surface area contributed by atoms with Gasteiger partial charge in [0.05, 0.1) is 19.3 Å². The van der Waals surface area contributed by atoms with Crippen LogP contribution in [0.4, 0.5) is 5.69 Å². The Bertz CT molecular complexity index is 391. The summed E-state index contributed by atoms with van der Waals surface area (Å²) in [6.45, 7) is 4.11. The van der Waals surface area contributed by atoms with Crippen molar-refractivity contribution in [2.75, 3.05) is 19.0 Å². The molecule has 5 heteroatoms. The normalized spacial score (nSPS) is 10.4. The fourth-order valence-corrected chi connectivity index (χ4v) is 1.23. The zero-order valence-electron chi connectivity index (χ0n) is 10.3. The minimum Gasteiger partial charge on any atom is -0.506 e.